The van der Waals surface area contributed by atoms with Gasteiger partial charge in [0.15, 0.2) is 10.8 Å². The second kappa shape index (κ2) is 6.15. The third-order valence-electron chi connectivity index (χ3n) is 2.49. The van der Waals surface area contributed by atoms with Crippen molar-refractivity contribution in [3.8, 4) is 0 Å². The summed E-state index contributed by atoms with van der Waals surface area (Å²) >= 11 is 2.77. The van der Waals surface area contributed by atoms with Crippen LogP contribution in [0.2, 0.25) is 0 Å². The number of nitrogens with one attached hydrogen (secondary N) is 1. The molecule has 2 rings (SSSR count). The zero-order valence-electron chi connectivity index (χ0n) is 11.4. The van der Waals surface area contributed by atoms with Crippen LogP contribution in [-0.4, -0.2) is 23.5 Å². The number of rotatable bonds is 4. The van der Waals surface area contributed by atoms with Crippen molar-refractivity contribution in [3.05, 3.63) is 32.5 Å². The number of anilines is 1. The molecule has 0 aliphatic carbocycles. The smallest absolute Gasteiger partial charge is 0.357 e. The predicted octanol–water partition coefficient (Wildman–Crippen LogP) is 3.25. The molecule has 0 fully saturated rings. The Labute approximate surface area is 124 Å². The molecule has 0 bridgehead atoms. The summed E-state index contributed by atoms with van der Waals surface area (Å²) in [4.78, 5) is 29.7. The van der Waals surface area contributed by atoms with Gasteiger partial charge in [0.05, 0.1) is 12.2 Å². The minimum atomic E-state index is -0.480. The largest absolute Gasteiger partial charge is 0.461 e. The summed E-state index contributed by atoms with van der Waals surface area (Å²) in [5.41, 5.74) is 0.853. The van der Waals surface area contributed by atoms with Crippen LogP contribution in [0, 0.1) is 13.8 Å². The maximum absolute atomic E-state index is 12.1. The van der Waals surface area contributed by atoms with Gasteiger partial charge < -0.3 is 4.74 Å². The Balaban J connectivity index is 2.09. The van der Waals surface area contributed by atoms with Crippen LogP contribution < -0.4 is 5.32 Å². The topological polar surface area (TPSA) is 68.3 Å². The first kappa shape index (κ1) is 14.7. The van der Waals surface area contributed by atoms with Crippen LogP contribution in [0.15, 0.2) is 11.4 Å². The highest BCUT2D eigenvalue weighted by molar-refractivity contribution is 7.14. The van der Waals surface area contributed by atoms with E-state index in [1.807, 2.05) is 19.9 Å². The Kier molecular flexibility index (Phi) is 4.51. The lowest BCUT2D eigenvalue weighted by Crippen LogP contribution is -2.12. The Bertz CT molecular complexity index is 646. The Hall–Kier alpha value is -1.73. The third kappa shape index (κ3) is 3.23. The van der Waals surface area contributed by atoms with Gasteiger partial charge in [-0.3, -0.25) is 10.1 Å². The molecule has 0 unspecified atom stereocenters. The third-order valence-corrected chi connectivity index (χ3v) is 4.22. The number of carbonyl (C=O) groups is 2. The van der Waals surface area contributed by atoms with E-state index >= 15 is 0 Å². The van der Waals surface area contributed by atoms with E-state index in [4.69, 9.17) is 4.74 Å². The second-order valence-corrected chi connectivity index (χ2v) is 6.36. The summed E-state index contributed by atoms with van der Waals surface area (Å²) in [6.07, 6.45) is 0. The Morgan fingerprint density at radius 2 is 2.15 bits per heavy atom. The average Bonchev–Trinajstić information content (AvgIpc) is 2.96. The summed E-state index contributed by atoms with van der Waals surface area (Å²) < 4.78 is 4.85. The van der Waals surface area contributed by atoms with E-state index in [1.165, 1.54) is 11.3 Å². The fourth-order valence-electron chi connectivity index (χ4n) is 1.65. The van der Waals surface area contributed by atoms with Gasteiger partial charge in [0.25, 0.3) is 5.91 Å². The molecular weight excluding hydrogens is 296 g/mol. The predicted molar refractivity (Wildman–Crippen MR) is 79.8 cm³/mol. The molecule has 0 spiro atoms. The second-order valence-electron chi connectivity index (χ2n) is 4.04. The number of esters is 1. The van der Waals surface area contributed by atoms with E-state index < -0.39 is 5.97 Å². The molecule has 2 aromatic rings. The molecule has 0 atom stereocenters. The van der Waals surface area contributed by atoms with Crippen LogP contribution in [0.4, 0.5) is 5.13 Å². The van der Waals surface area contributed by atoms with Gasteiger partial charge in [-0.15, -0.1) is 22.7 Å². The van der Waals surface area contributed by atoms with E-state index in [0.29, 0.717) is 17.3 Å². The number of aromatic nitrogens is 1. The monoisotopic (exact) mass is 310 g/mol. The zero-order chi connectivity index (χ0) is 14.7. The van der Waals surface area contributed by atoms with Gasteiger partial charge in [-0.2, -0.15) is 0 Å². The zero-order valence-corrected chi connectivity index (χ0v) is 13.0. The first-order valence-electron chi connectivity index (χ1n) is 6.02. The van der Waals surface area contributed by atoms with Crippen molar-refractivity contribution in [3.63, 3.8) is 0 Å². The van der Waals surface area contributed by atoms with Gasteiger partial charge in [-0.25, -0.2) is 9.78 Å². The van der Waals surface area contributed by atoms with Gasteiger partial charge in [0, 0.05) is 15.1 Å². The van der Waals surface area contributed by atoms with Crippen molar-refractivity contribution < 1.29 is 14.3 Å². The molecule has 1 amide bonds. The van der Waals surface area contributed by atoms with Gasteiger partial charge in [0.1, 0.15) is 0 Å². The normalized spacial score (nSPS) is 10.3. The quantitative estimate of drug-likeness (QED) is 0.880. The number of thiophene rings is 1. The minimum absolute atomic E-state index is 0.211. The lowest BCUT2D eigenvalue weighted by molar-refractivity contribution is 0.0520. The van der Waals surface area contributed by atoms with Gasteiger partial charge >= 0.3 is 5.97 Å². The molecule has 0 aromatic carbocycles. The SMILES string of the molecule is CCOC(=O)c1csc(NC(=O)c2cc(C)sc2C)n1. The van der Waals surface area contributed by atoms with Crippen molar-refractivity contribution >= 4 is 39.7 Å². The van der Waals surface area contributed by atoms with Crippen LogP contribution >= 0.6 is 22.7 Å². The fraction of sp³-hybridized carbons (Fsp3) is 0.308. The van der Waals surface area contributed by atoms with Gasteiger partial charge in [0.2, 0.25) is 0 Å². The summed E-state index contributed by atoms with van der Waals surface area (Å²) in [7, 11) is 0. The molecule has 0 saturated heterocycles. The molecule has 5 nitrogen and oxygen atoms in total. The van der Waals surface area contributed by atoms with Crippen LogP contribution in [0.5, 0.6) is 0 Å². The van der Waals surface area contributed by atoms with E-state index in [2.05, 4.69) is 10.3 Å². The first-order valence-corrected chi connectivity index (χ1v) is 7.72. The standard InChI is InChI=1S/C13H14N2O3S2/c1-4-18-12(17)10-6-19-13(14-10)15-11(16)9-5-7(2)20-8(9)3/h5-6H,4H2,1-3H3,(H,14,15,16). The van der Waals surface area contributed by atoms with Crippen molar-refractivity contribution in [1.82, 2.24) is 4.98 Å². The number of aryl methyl sites for hydroxylation is 2. The molecule has 106 valence electrons. The number of hydrogen-bond donors (Lipinski definition) is 1. The van der Waals surface area contributed by atoms with Gasteiger partial charge in [-0.1, -0.05) is 0 Å². The molecule has 1 N–H and O–H groups in total. The summed E-state index contributed by atoms with van der Waals surface area (Å²) in [5, 5.41) is 4.66. The van der Waals surface area contributed by atoms with Crippen LogP contribution in [-0.2, 0) is 4.74 Å². The molecule has 0 saturated carbocycles. The number of carbonyl (C=O) groups excluding carboxylic acids is 2. The van der Waals surface area contributed by atoms with Crippen LogP contribution in [0.25, 0.3) is 0 Å². The molecule has 0 aliphatic heterocycles. The molecular formula is C13H14N2O3S2. The number of ether oxygens (including phenoxy) is 1. The Morgan fingerprint density at radius 3 is 2.75 bits per heavy atom. The van der Waals surface area contributed by atoms with E-state index in [1.54, 1.807) is 23.6 Å². The van der Waals surface area contributed by atoms with E-state index in [0.717, 1.165) is 9.75 Å². The summed E-state index contributed by atoms with van der Waals surface area (Å²) in [6, 6.07) is 1.84. The van der Waals surface area contributed by atoms with Gasteiger partial charge in [-0.05, 0) is 26.8 Å². The molecule has 7 heteroatoms. The molecule has 0 radical (unpaired) electrons. The highest BCUT2D eigenvalue weighted by Gasteiger charge is 2.16. The lowest BCUT2D eigenvalue weighted by atomic mass is 10.2. The lowest BCUT2D eigenvalue weighted by Gasteiger charge is -2.00. The number of amides is 1. The summed E-state index contributed by atoms with van der Waals surface area (Å²) in [5.74, 6) is -0.691. The highest BCUT2D eigenvalue weighted by Crippen LogP contribution is 2.23. The average molecular weight is 310 g/mol. The number of thiazole rings is 1. The maximum Gasteiger partial charge on any atom is 0.357 e. The maximum atomic E-state index is 12.1. The Morgan fingerprint density at radius 1 is 1.40 bits per heavy atom. The number of nitrogens with zero attached hydrogens (tertiary/aromatic N) is 1. The van der Waals surface area contributed by atoms with Crippen molar-refractivity contribution in [2.75, 3.05) is 11.9 Å². The molecule has 2 aromatic heterocycles. The first-order chi connectivity index (χ1) is 9.51. The highest BCUT2D eigenvalue weighted by atomic mass is 32.1. The fourth-order valence-corrected chi connectivity index (χ4v) is 3.25. The molecule has 20 heavy (non-hydrogen) atoms. The minimum Gasteiger partial charge on any atom is -0.461 e. The van der Waals surface area contributed by atoms with Crippen LogP contribution in [0.3, 0.4) is 0 Å². The summed E-state index contributed by atoms with van der Waals surface area (Å²) in [6.45, 7) is 5.88. The molecule has 2 heterocycles. The number of hydrogen-bond acceptors (Lipinski definition) is 6. The van der Waals surface area contributed by atoms with E-state index in [9.17, 15) is 9.59 Å². The molecule has 0 aliphatic rings. The van der Waals surface area contributed by atoms with Crippen molar-refractivity contribution in [1.29, 1.82) is 0 Å². The van der Waals surface area contributed by atoms with E-state index in [-0.39, 0.29) is 11.6 Å². The van der Waals surface area contributed by atoms with Crippen LogP contribution in [0.1, 0.15) is 37.5 Å². The van der Waals surface area contributed by atoms with Crippen molar-refractivity contribution in [2.24, 2.45) is 0 Å². The van der Waals surface area contributed by atoms with Crippen molar-refractivity contribution in [2.45, 2.75) is 20.8 Å².